The molecule has 19 heavy (non-hydrogen) atoms. The highest BCUT2D eigenvalue weighted by atomic mass is 15.2. The first kappa shape index (κ1) is 13.9. The largest absolute Gasteiger partial charge is 0.378 e. The van der Waals surface area contributed by atoms with Gasteiger partial charge in [-0.15, -0.1) is 0 Å². The molecule has 0 radical (unpaired) electrons. The van der Waals surface area contributed by atoms with Gasteiger partial charge >= 0.3 is 0 Å². The highest BCUT2D eigenvalue weighted by Gasteiger charge is 2.21. The minimum Gasteiger partial charge on any atom is -0.378 e. The monoisotopic (exact) mass is 258 g/mol. The molecule has 0 bridgehead atoms. The Balaban J connectivity index is 1.84. The standard InChI is InChI=1S/C15H22N4/c1-18(2)15-5-3-13(4-6-15)11-19-10-7-14(12-19)17-9-8-16/h3-6,14,17H,7,9-12H2,1-2H3. The van der Waals surface area contributed by atoms with E-state index in [0.29, 0.717) is 12.6 Å². The Morgan fingerprint density at radius 1 is 1.37 bits per heavy atom. The number of hydrogen-bond acceptors (Lipinski definition) is 4. The molecule has 102 valence electrons. The first-order chi connectivity index (χ1) is 9.19. The van der Waals surface area contributed by atoms with Gasteiger partial charge in [0, 0.05) is 45.5 Å². The molecule has 4 nitrogen and oxygen atoms in total. The lowest BCUT2D eigenvalue weighted by Gasteiger charge is -2.17. The van der Waals surface area contributed by atoms with Gasteiger partial charge in [0.15, 0.2) is 0 Å². The Kier molecular flexibility index (Phi) is 4.78. The van der Waals surface area contributed by atoms with Crippen LogP contribution < -0.4 is 10.2 Å². The molecule has 1 aliphatic heterocycles. The molecular weight excluding hydrogens is 236 g/mol. The smallest absolute Gasteiger partial charge is 0.0843 e. The first-order valence-corrected chi connectivity index (χ1v) is 6.78. The third-order valence-electron chi connectivity index (χ3n) is 3.60. The summed E-state index contributed by atoms with van der Waals surface area (Å²) in [4.78, 5) is 4.56. The Bertz CT molecular complexity index is 432. The molecule has 0 amide bonds. The predicted octanol–water partition coefficient (Wildman–Crippen LogP) is 1.44. The summed E-state index contributed by atoms with van der Waals surface area (Å²) in [5, 5.41) is 11.8. The molecular formula is C15H22N4. The molecule has 1 N–H and O–H groups in total. The van der Waals surface area contributed by atoms with E-state index in [0.717, 1.165) is 26.1 Å². The van der Waals surface area contributed by atoms with Crippen LogP contribution in [0.25, 0.3) is 0 Å². The topological polar surface area (TPSA) is 42.3 Å². The van der Waals surface area contributed by atoms with E-state index in [1.807, 2.05) is 0 Å². The number of nitrogens with one attached hydrogen (secondary N) is 1. The van der Waals surface area contributed by atoms with Crippen molar-refractivity contribution in [3.63, 3.8) is 0 Å². The van der Waals surface area contributed by atoms with E-state index in [4.69, 9.17) is 5.26 Å². The number of rotatable bonds is 5. The SMILES string of the molecule is CN(C)c1ccc(CN2CCC(NCC#N)C2)cc1. The molecule has 1 heterocycles. The van der Waals surface area contributed by atoms with Gasteiger partial charge < -0.3 is 10.2 Å². The van der Waals surface area contributed by atoms with Gasteiger partial charge in [-0.2, -0.15) is 5.26 Å². The number of anilines is 1. The van der Waals surface area contributed by atoms with E-state index >= 15 is 0 Å². The molecule has 1 atom stereocenters. The summed E-state index contributed by atoms with van der Waals surface area (Å²) in [6, 6.07) is 11.3. The van der Waals surface area contributed by atoms with Crippen LogP contribution in [-0.4, -0.2) is 44.7 Å². The lowest BCUT2D eigenvalue weighted by atomic mass is 10.2. The zero-order valence-electron chi connectivity index (χ0n) is 11.8. The average Bonchev–Trinajstić information content (AvgIpc) is 2.84. The summed E-state index contributed by atoms with van der Waals surface area (Å²) < 4.78 is 0. The molecule has 0 spiro atoms. The van der Waals surface area contributed by atoms with Crippen molar-refractivity contribution in [3.8, 4) is 6.07 Å². The highest BCUT2D eigenvalue weighted by molar-refractivity contribution is 5.45. The third kappa shape index (κ3) is 3.95. The molecule has 1 aromatic carbocycles. The maximum atomic E-state index is 8.57. The predicted molar refractivity (Wildman–Crippen MR) is 78.1 cm³/mol. The Hall–Kier alpha value is -1.57. The van der Waals surface area contributed by atoms with Gasteiger partial charge in [0.25, 0.3) is 0 Å². The fourth-order valence-electron chi connectivity index (χ4n) is 2.49. The van der Waals surface area contributed by atoms with E-state index in [1.165, 1.54) is 11.3 Å². The maximum Gasteiger partial charge on any atom is 0.0843 e. The molecule has 1 fully saturated rings. The minimum atomic E-state index is 0.454. The Morgan fingerprint density at radius 2 is 2.11 bits per heavy atom. The molecule has 1 aliphatic rings. The Labute approximate surface area is 115 Å². The van der Waals surface area contributed by atoms with Crippen LogP contribution in [0.2, 0.25) is 0 Å². The van der Waals surface area contributed by atoms with Crippen LogP contribution in [-0.2, 0) is 6.54 Å². The second-order valence-corrected chi connectivity index (χ2v) is 5.32. The third-order valence-corrected chi connectivity index (χ3v) is 3.60. The number of benzene rings is 1. The average molecular weight is 258 g/mol. The van der Waals surface area contributed by atoms with Crippen molar-refractivity contribution in [2.45, 2.75) is 19.0 Å². The van der Waals surface area contributed by atoms with Crippen LogP contribution in [0.4, 0.5) is 5.69 Å². The molecule has 1 saturated heterocycles. The van der Waals surface area contributed by atoms with Crippen LogP contribution in [0.1, 0.15) is 12.0 Å². The van der Waals surface area contributed by atoms with Gasteiger partial charge in [0.05, 0.1) is 12.6 Å². The number of hydrogen-bond donors (Lipinski definition) is 1. The normalized spacial score (nSPS) is 19.3. The summed E-state index contributed by atoms with van der Waals surface area (Å²) in [6.07, 6.45) is 1.14. The number of likely N-dealkylation sites (tertiary alicyclic amines) is 1. The fraction of sp³-hybridized carbons (Fsp3) is 0.533. The van der Waals surface area contributed by atoms with Crippen molar-refractivity contribution < 1.29 is 0 Å². The van der Waals surface area contributed by atoms with Gasteiger partial charge in [-0.25, -0.2) is 0 Å². The van der Waals surface area contributed by atoms with Crippen LogP contribution in [0.3, 0.4) is 0 Å². The zero-order chi connectivity index (χ0) is 13.7. The quantitative estimate of drug-likeness (QED) is 0.812. The molecule has 1 aromatic rings. The van der Waals surface area contributed by atoms with Crippen molar-refractivity contribution in [2.24, 2.45) is 0 Å². The molecule has 0 aliphatic carbocycles. The molecule has 0 saturated carbocycles. The molecule has 0 aromatic heterocycles. The summed E-state index contributed by atoms with van der Waals surface area (Å²) >= 11 is 0. The second kappa shape index (κ2) is 6.55. The number of nitriles is 1. The van der Waals surface area contributed by atoms with Crippen LogP contribution in [0.5, 0.6) is 0 Å². The number of nitrogens with zero attached hydrogens (tertiary/aromatic N) is 3. The Morgan fingerprint density at radius 3 is 2.74 bits per heavy atom. The van der Waals surface area contributed by atoms with E-state index < -0.39 is 0 Å². The minimum absolute atomic E-state index is 0.454. The van der Waals surface area contributed by atoms with Crippen LogP contribution in [0.15, 0.2) is 24.3 Å². The summed E-state index contributed by atoms with van der Waals surface area (Å²) in [5.41, 5.74) is 2.59. The van der Waals surface area contributed by atoms with Gasteiger partial charge in [-0.3, -0.25) is 4.90 Å². The van der Waals surface area contributed by atoms with Crippen molar-refractivity contribution in [1.82, 2.24) is 10.2 Å². The molecule has 4 heteroatoms. The van der Waals surface area contributed by atoms with Gasteiger partial charge in [0.1, 0.15) is 0 Å². The van der Waals surface area contributed by atoms with Crippen LogP contribution >= 0.6 is 0 Å². The summed E-state index contributed by atoms with van der Waals surface area (Å²) in [6.45, 7) is 3.60. The lowest BCUT2D eigenvalue weighted by Crippen LogP contribution is -2.32. The van der Waals surface area contributed by atoms with Crippen LogP contribution in [0, 0.1) is 11.3 Å². The van der Waals surface area contributed by atoms with Crippen molar-refractivity contribution in [2.75, 3.05) is 38.6 Å². The van der Waals surface area contributed by atoms with E-state index in [1.54, 1.807) is 0 Å². The highest BCUT2D eigenvalue weighted by Crippen LogP contribution is 2.16. The fourth-order valence-corrected chi connectivity index (χ4v) is 2.49. The van der Waals surface area contributed by atoms with Crippen molar-refractivity contribution in [3.05, 3.63) is 29.8 Å². The maximum absolute atomic E-state index is 8.57. The van der Waals surface area contributed by atoms with E-state index in [9.17, 15) is 0 Å². The van der Waals surface area contributed by atoms with Gasteiger partial charge in [0.2, 0.25) is 0 Å². The van der Waals surface area contributed by atoms with Gasteiger partial charge in [-0.1, -0.05) is 12.1 Å². The first-order valence-electron chi connectivity index (χ1n) is 6.78. The molecule has 2 rings (SSSR count). The lowest BCUT2D eigenvalue weighted by molar-refractivity contribution is 0.321. The summed E-state index contributed by atoms with van der Waals surface area (Å²) in [5.74, 6) is 0. The van der Waals surface area contributed by atoms with E-state index in [-0.39, 0.29) is 0 Å². The van der Waals surface area contributed by atoms with Gasteiger partial charge in [-0.05, 0) is 24.1 Å². The second-order valence-electron chi connectivity index (χ2n) is 5.32. The van der Waals surface area contributed by atoms with E-state index in [2.05, 4.69) is 59.5 Å². The van der Waals surface area contributed by atoms with Crippen molar-refractivity contribution in [1.29, 1.82) is 5.26 Å². The molecule has 1 unspecified atom stereocenters. The summed E-state index contributed by atoms with van der Waals surface area (Å²) in [7, 11) is 4.11. The zero-order valence-corrected chi connectivity index (χ0v) is 11.8. The van der Waals surface area contributed by atoms with Crippen molar-refractivity contribution >= 4 is 5.69 Å².